The third kappa shape index (κ3) is 2.47. The third-order valence-corrected chi connectivity index (χ3v) is 4.40. The van der Waals surface area contributed by atoms with Gasteiger partial charge in [0, 0.05) is 17.9 Å². The zero-order chi connectivity index (χ0) is 11.2. The predicted molar refractivity (Wildman–Crippen MR) is 62.1 cm³/mol. The number of rotatable bonds is 0. The molecule has 2 fully saturated rings. The molecule has 0 spiro atoms. The van der Waals surface area contributed by atoms with Crippen LogP contribution in [0.3, 0.4) is 0 Å². The molecule has 2 aliphatic rings. The van der Waals surface area contributed by atoms with Crippen LogP contribution in [-0.4, -0.2) is 34.5 Å². The fourth-order valence-electron chi connectivity index (χ4n) is 2.15. The van der Waals surface area contributed by atoms with Crippen LogP contribution >= 0.6 is 15.9 Å². The highest BCUT2D eigenvalue weighted by molar-refractivity contribution is 9.09. The Kier molecular flexibility index (Phi) is 2.73. The minimum absolute atomic E-state index is 0.160. The van der Waals surface area contributed by atoms with Crippen LogP contribution in [0, 0.1) is 11.8 Å². The summed E-state index contributed by atoms with van der Waals surface area (Å²) >= 11 is 3.63. The van der Waals surface area contributed by atoms with E-state index in [0.717, 1.165) is 25.4 Å². The second-order valence-electron chi connectivity index (χ2n) is 5.49. The molecule has 1 aliphatic carbocycles. The van der Waals surface area contributed by atoms with E-state index in [1.165, 1.54) is 0 Å². The lowest BCUT2D eigenvalue weighted by atomic mass is 10.1. The normalized spacial score (nSPS) is 34.7. The first-order valence-corrected chi connectivity index (χ1v) is 6.42. The third-order valence-electron chi connectivity index (χ3n) is 3.04. The molecule has 1 saturated carbocycles. The zero-order valence-electron chi connectivity index (χ0n) is 9.50. The first kappa shape index (κ1) is 11.2. The molecule has 0 aromatic carbocycles. The van der Waals surface area contributed by atoms with Crippen LogP contribution < -0.4 is 0 Å². The lowest BCUT2D eigenvalue weighted by Crippen LogP contribution is -2.40. The van der Waals surface area contributed by atoms with Crippen molar-refractivity contribution in [2.45, 2.75) is 37.6 Å². The second-order valence-corrected chi connectivity index (χ2v) is 6.54. The summed E-state index contributed by atoms with van der Waals surface area (Å²) in [5.41, 5.74) is -0.384. The molecule has 1 amide bonds. The summed E-state index contributed by atoms with van der Waals surface area (Å²) in [7, 11) is 0. The number of halogens is 1. The van der Waals surface area contributed by atoms with Gasteiger partial charge in [0.1, 0.15) is 5.60 Å². The maximum atomic E-state index is 11.8. The fraction of sp³-hybridized carbons (Fsp3) is 0.909. The lowest BCUT2D eigenvalue weighted by Gasteiger charge is -2.29. The van der Waals surface area contributed by atoms with Gasteiger partial charge in [-0.05, 0) is 39.0 Å². The molecule has 3 nitrogen and oxygen atoms in total. The van der Waals surface area contributed by atoms with Crippen LogP contribution in [0.2, 0.25) is 0 Å². The van der Waals surface area contributed by atoms with E-state index >= 15 is 0 Å². The van der Waals surface area contributed by atoms with E-state index in [0.29, 0.717) is 10.7 Å². The van der Waals surface area contributed by atoms with Crippen molar-refractivity contribution in [3.05, 3.63) is 0 Å². The van der Waals surface area contributed by atoms with Gasteiger partial charge in [-0.25, -0.2) is 4.79 Å². The number of fused-ring (bicyclic) bond motifs is 1. The van der Waals surface area contributed by atoms with E-state index in [9.17, 15) is 4.79 Å². The smallest absolute Gasteiger partial charge is 0.410 e. The number of alkyl halides is 1. The highest BCUT2D eigenvalue weighted by Gasteiger charge is 2.52. The molecule has 0 N–H and O–H groups in total. The minimum Gasteiger partial charge on any atom is -0.444 e. The van der Waals surface area contributed by atoms with Crippen LogP contribution in [0.25, 0.3) is 0 Å². The van der Waals surface area contributed by atoms with E-state index < -0.39 is 0 Å². The average Bonchev–Trinajstić information content (AvgIpc) is 2.74. The van der Waals surface area contributed by atoms with Gasteiger partial charge in [-0.1, -0.05) is 15.9 Å². The number of amides is 1. The highest BCUT2D eigenvalue weighted by Crippen LogP contribution is 2.50. The first-order chi connectivity index (χ1) is 6.88. The number of carbonyl (C=O) groups is 1. The maximum Gasteiger partial charge on any atom is 0.410 e. The second kappa shape index (κ2) is 3.65. The Hall–Kier alpha value is -0.250. The molecule has 1 aliphatic heterocycles. The Labute approximate surface area is 99.3 Å². The number of nitrogens with zero attached hydrogens (tertiary/aromatic N) is 1. The fourth-order valence-corrected chi connectivity index (χ4v) is 3.19. The molecule has 0 radical (unpaired) electrons. The molecule has 1 heterocycles. The van der Waals surface area contributed by atoms with Crippen molar-refractivity contribution in [3.8, 4) is 0 Å². The minimum atomic E-state index is -0.384. The van der Waals surface area contributed by atoms with Gasteiger partial charge in [-0.15, -0.1) is 0 Å². The van der Waals surface area contributed by atoms with Gasteiger partial charge in [0.05, 0.1) is 0 Å². The highest BCUT2D eigenvalue weighted by atomic mass is 79.9. The van der Waals surface area contributed by atoms with Crippen molar-refractivity contribution in [3.63, 3.8) is 0 Å². The Balaban J connectivity index is 1.87. The van der Waals surface area contributed by atoms with Gasteiger partial charge in [-0.3, -0.25) is 0 Å². The molecule has 4 heteroatoms. The number of piperidine rings is 1. The topological polar surface area (TPSA) is 29.5 Å². The molecule has 0 aromatic rings. The largest absolute Gasteiger partial charge is 0.444 e. The SMILES string of the molecule is CC(C)(C)OC(=O)N1CC[C@@H]2[C@@H](Br)[C@@H]2C1. The van der Waals surface area contributed by atoms with Gasteiger partial charge in [0.2, 0.25) is 0 Å². The quantitative estimate of drug-likeness (QED) is 0.636. The Morgan fingerprint density at radius 1 is 1.40 bits per heavy atom. The number of ether oxygens (including phenoxy) is 1. The number of likely N-dealkylation sites (tertiary alicyclic amines) is 1. The molecule has 2 rings (SSSR count). The van der Waals surface area contributed by atoms with Gasteiger partial charge in [-0.2, -0.15) is 0 Å². The van der Waals surface area contributed by atoms with Crippen molar-refractivity contribution in [2.24, 2.45) is 11.8 Å². The van der Waals surface area contributed by atoms with Gasteiger partial charge in [0.25, 0.3) is 0 Å². The summed E-state index contributed by atoms with van der Waals surface area (Å²) in [6.07, 6.45) is 0.951. The molecule has 15 heavy (non-hydrogen) atoms. The Morgan fingerprint density at radius 2 is 2.07 bits per heavy atom. The van der Waals surface area contributed by atoms with E-state index in [-0.39, 0.29) is 11.7 Å². The average molecular weight is 276 g/mol. The van der Waals surface area contributed by atoms with Gasteiger partial charge < -0.3 is 9.64 Å². The summed E-state index contributed by atoms with van der Waals surface area (Å²) in [4.78, 5) is 14.2. The standard InChI is InChI=1S/C11H18BrNO2/c1-11(2,3)15-10(14)13-5-4-7-8(6-13)9(7)12/h7-9H,4-6H2,1-3H3/t7-,8+,9+/m0/s1. The zero-order valence-corrected chi connectivity index (χ0v) is 11.1. The molecule has 86 valence electrons. The van der Waals surface area contributed by atoms with Crippen LogP contribution in [0.5, 0.6) is 0 Å². The molecule has 0 bridgehead atoms. The van der Waals surface area contributed by atoms with Crippen molar-refractivity contribution in [1.29, 1.82) is 0 Å². The summed E-state index contributed by atoms with van der Waals surface area (Å²) in [5, 5.41) is 0. The summed E-state index contributed by atoms with van der Waals surface area (Å²) < 4.78 is 5.35. The summed E-state index contributed by atoms with van der Waals surface area (Å²) in [5.74, 6) is 1.45. The first-order valence-electron chi connectivity index (χ1n) is 5.50. The maximum absolute atomic E-state index is 11.8. The Bertz CT molecular complexity index is 274. The molecule has 0 unspecified atom stereocenters. The van der Waals surface area contributed by atoms with Crippen molar-refractivity contribution in [2.75, 3.05) is 13.1 Å². The van der Waals surface area contributed by atoms with E-state index in [4.69, 9.17) is 4.74 Å². The number of hydrogen-bond acceptors (Lipinski definition) is 2. The molecule has 1 saturated heterocycles. The molecular weight excluding hydrogens is 258 g/mol. The van der Waals surface area contributed by atoms with Crippen LogP contribution in [0.4, 0.5) is 4.79 Å². The van der Waals surface area contributed by atoms with Crippen molar-refractivity contribution < 1.29 is 9.53 Å². The molecular formula is C11H18BrNO2. The summed E-state index contributed by atoms with van der Waals surface area (Å²) in [6, 6.07) is 0. The van der Waals surface area contributed by atoms with Crippen LogP contribution in [0.1, 0.15) is 27.2 Å². The van der Waals surface area contributed by atoms with Gasteiger partial charge >= 0.3 is 6.09 Å². The predicted octanol–water partition coefficient (Wildman–Crippen LogP) is 2.64. The summed E-state index contributed by atoms with van der Waals surface area (Å²) in [6.45, 7) is 7.42. The Morgan fingerprint density at radius 3 is 2.60 bits per heavy atom. The molecule has 0 aromatic heterocycles. The van der Waals surface area contributed by atoms with E-state index in [2.05, 4.69) is 15.9 Å². The van der Waals surface area contributed by atoms with Crippen molar-refractivity contribution in [1.82, 2.24) is 4.90 Å². The number of hydrogen-bond donors (Lipinski definition) is 0. The van der Waals surface area contributed by atoms with Crippen molar-refractivity contribution >= 4 is 22.0 Å². The molecule has 3 atom stereocenters. The lowest BCUT2D eigenvalue weighted by molar-refractivity contribution is 0.0207. The van der Waals surface area contributed by atoms with Crippen LogP contribution in [-0.2, 0) is 4.74 Å². The monoisotopic (exact) mass is 275 g/mol. The number of carbonyl (C=O) groups excluding carboxylic acids is 1. The van der Waals surface area contributed by atoms with Gasteiger partial charge in [0.15, 0.2) is 0 Å². The van der Waals surface area contributed by atoms with E-state index in [1.807, 2.05) is 25.7 Å². The van der Waals surface area contributed by atoms with Crippen LogP contribution in [0.15, 0.2) is 0 Å². The van der Waals surface area contributed by atoms with E-state index in [1.54, 1.807) is 0 Å².